The number of amides is 2. The number of unbranched alkanes of at least 4 members (excludes halogenated alkanes) is 1. The number of piperidine rings is 1. The molecule has 1 aliphatic carbocycles. The van der Waals surface area contributed by atoms with Crippen molar-refractivity contribution in [2.45, 2.75) is 70.9 Å². The van der Waals surface area contributed by atoms with Crippen molar-refractivity contribution in [1.29, 1.82) is 0 Å². The van der Waals surface area contributed by atoms with Crippen LogP contribution in [0.5, 0.6) is 0 Å². The second-order valence-corrected chi connectivity index (χ2v) is 9.94. The molecule has 3 aliphatic rings. The third-order valence-electron chi connectivity index (χ3n) is 7.40. The van der Waals surface area contributed by atoms with E-state index >= 15 is 0 Å². The quantitative estimate of drug-likeness (QED) is 0.479. The molecular weight excluding hydrogens is 429 g/mol. The monoisotopic (exact) mass is 467 g/mol. The van der Waals surface area contributed by atoms with Gasteiger partial charge in [0.2, 0.25) is 0 Å². The van der Waals surface area contributed by atoms with E-state index in [4.69, 9.17) is 0 Å². The molecule has 1 aromatic carbocycles. The number of rotatable bonds is 10. The first-order valence-corrected chi connectivity index (χ1v) is 13.0. The van der Waals surface area contributed by atoms with Crippen LogP contribution in [0.2, 0.25) is 0 Å². The number of hydrogen-bond donors (Lipinski definition) is 1. The van der Waals surface area contributed by atoms with Crippen molar-refractivity contribution in [2.24, 2.45) is 5.92 Å². The molecule has 2 aliphatic heterocycles. The Morgan fingerprint density at radius 1 is 1.24 bits per heavy atom. The second kappa shape index (κ2) is 11.8. The van der Waals surface area contributed by atoms with Crippen LogP contribution in [0.15, 0.2) is 42.3 Å². The lowest BCUT2D eigenvalue weighted by Gasteiger charge is -2.36. The molecule has 5 nitrogen and oxygen atoms in total. The Morgan fingerprint density at radius 3 is 2.91 bits per heavy atom. The first-order valence-electron chi connectivity index (χ1n) is 13.0. The summed E-state index contributed by atoms with van der Waals surface area (Å²) in [6.45, 7) is 6.20. The SMILES string of the molecule is CCCCC1CCCCN1CCCNC(=O)c1ccc2c(c1)C(=O)N(CC1C=CC(F)=CC1)C2. The number of benzene rings is 1. The van der Waals surface area contributed by atoms with Crippen molar-refractivity contribution in [3.05, 3.63) is 58.9 Å². The summed E-state index contributed by atoms with van der Waals surface area (Å²) in [5.74, 6) is -0.250. The van der Waals surface area contributed by atoms with E-state index in [-0.39, 0.29) is 23.6 Å². The minimum absolute atomic E-state index is 0.0451. The zero-order valence-corrected chi connectivity index (χ0v) is 20.4. The fourth-order valence-corrected chi connectivity index (χ4v) is 5.41. The van der Waals surface area contributed by atoms with E-state index in [9.17, 15) is 14.0 Å². The van der Waals surface area contributed by atoms with Crippen LogP contribution < -0.4 is 5.32 Å². The van der Waals surface area contributed by atoms with E-state index in [0.717, 1.165) is 18.5 Å². The first-order chi connectivity index (χ1) is 16.5. The minimum atomic E-state index is -0.213. The van der Waals surface area contributed by atoms with Gasteiger partial charge in [0.05, 0.1) is 0 Å². The van der Waals surface area contributed by atoms with E-state index in [1.165, 1.54) is 51.1 Å². The minimum Gasteiger partial charge on any atom is -0.352 e. The van der Waals surface area contributed by atoms with Gasteiger partial charge >= 0.3 is 0 Å². The summed E-state index contributed by atoms with van der Waals surface area (Å²) in [7, 11) is 0. The first kappa shape index (κ1) is 24.6. The average Bonchev–Trinajstić information content (AvgIpc) is 3.16. The highest BCUT2D eigenvalue weighted by Crippen LogP contribution is 2.27. The predicted octanol–water partition coefficient (Wildman–Crippen LogP) is 5.24. The average molecular weight is 468 g/mol. The van der Waals surface area contributed by atoms with E-state index in [2.05, 4.69) is 17.1 Å². The van der Waals surface area contributed by atoms with Crippen LogP contribution in [0, 0.1) is 5.92 Å². The van der Waals surface area contributed by atoms with Crippen LogP contribution in [-0.2, 0) is 6.54 Å². The van der Waals surface area contributed by atoms with Crippen molar-refractivity contribution in [2.75, 3.05) is 26.2 Å². The van der Waals surface area contributed by atoms with E-state index in [1.807, 2.05) is 18.2 Å². The summed E-state index contributed by atoms with van der Waals surface area (Å²) in [6, 6.07) is 6.14. The molecule has 2 atom stereocenters. The number of carbonyl (C=O) groups excluding carboxylic acids is 2. The Morgan fingerprint density at radius 2 is 2.12 bits per heavy atom. The van der Waals surface area contributed by atoms with Crippen LogP contribution in [0.1, 0.15) is 84.6 Å². The number of likely N-dealkylation sites (tertiary alicyclic amines) is 1. The molecule has 1 aromatic rings. The molecule has 4 rings (SSSR count). The van der Waals surface area contributed by atoms with Gasteiger partial charge in [-0.3, -0.25) is 9.59 Å². The van der Waals surface area contributed by atoms with Crippen molar-refractivity contribution >= 4 is 11.8 Å². The number of hydrogen-bond acceptors (Lipinski definition) is 3. The van der Waals surface area contributed by atoms with Gasteiger partial charge in [-0.05, 0) is 74.4 Å². The maximum Gasteiger partial charge on any atom is 0.254 e. The Balaban J connectivity index is 1.25. The largest absolute Gasteiger partial charge is 0.352 e. The normalized spacial score (nSPS) is 22.6. The van der Waals surface area contributed by atoms with Gasteiger partial charge in [0.1, 0.15) is 5.83 Å². The van der Waals surface area contributed by atoms with Crippen LogP contribution >= 0.6 is 0 Å². The molecule has 0 aromatic heterocycles. The zero-order valence-electron chi connectivity index (χ0n) is 20.4. The van der Waals surface area contributed by atoms with Crippen LogP contribution in [0.3, 0.4) is 0 Å². The highest BCUT2D eigenvalue weighted by molar-refractivity contribution is 6.02. The maximum atomic E-state index is 13.2. The Labute approximate surface area is 203 Å². The van der Waals surface area contributed by atoms with Gasteiger partial charge in [0.25, 0.3) is 11.8 Å². The van der Waals surface area contributed by atoms with Crippen molar-refractivity contribution < 1.29 is 14.0 Å². The lowest BCUT2D eigenvalue weighted by atomic mass is 9.97. The fourth-order valence-electron chi connectivity index (χ4n) is 5.41. The predicted molar refractivity (Wildman–Crippen MR) is 133 cm³/mol. The molecule has 1 saturated heterocycles. The van der Waals surface area contributed by atoms with Crippen molar-refractivity contribution in [3.8, 4) is 0 Å². The van der Waals surface area contributed by atoms with Crippen molar-refractivity contribution in [3.63, 3.8) is 0 Å². The molecule has 184 valence electrons. The summed E-state index contributed by atoms with van der Waals surface area (Å²) in [5, 5.41) is 3.04. The standard InChI is InChI=1S/C28H38FN3O2/c1-2-3-7-25-8-4-5-16-31(25)17-6-15-30-27(33)22-11-12-23-20-32(28(34)26(23)18-22)19-21-9-13-24(29)14-10-21/h9,11-14,18,21,25H,2-8,10,15-17,19-20H2,1H3,(H,30,33). The molecule has 2 heterocycles. The molecule has 34 heavy (non-hydrogen) atoms. The van der Waals surface area contributed by atoms with Gasteiger partial charge in [-0.2, -0.15) is 0 Å². The van der Waals surface area contributed by atoms with Gasteiger partial charge in [-0.15, -0.1) is 0 Å². The van der Waals surface area contributed by atoms with Crippen LogP contribution in [0.4, 0.5) is 4.39 Å². The molecule has 6 heteroatoms. The highest BCUT2D eigenvalue weighted by Gasteiger charge is 2.29. The summed E-state index contributed by atoms with van der Waals surface area (Å²) in [4.78, 5) is 30.1. The smallest absolute Gasteiger partial charge is 0.254 e. The summed E-state index contributed by atoms with van der Waals surface area (Å²) in [6.07, 6.45) is 14.2. The van der Waals surface area contributed by atoms with Gasteiger partial charge in [0, 0.05) is 43.3 Å². The maximum absolute atomic E-state index is 13.2. The number of allylic oxidation sites excluding steroid dienone is 3. The van der Waals surface area contributed by atoms with Crippen molar-refractivity contribution in [1.82, 2.24) is 15.1 Å². The molecule has 0 saturated carbocycles. The lowest BCUT2D eigenvalue weighted by molar-refractivity contribution is 0.0762. The summed E-state index contributed by atoms with van der Waals surface area (Å²) >= 11 is 0. The number of halogens is 1. The zero-order chi connectivity index (χ0) is 23.9. The van der Waals surface area contributed by atoms with Gasteiger partial charge in [-0.25, -0.2) is 4.39 Å². The van der Waals surface area contributed by atoms with Gasteiger partial charge in [0.15, 0.2) is 0 Å². The number of nitrogens with one attached hydrogen (secondary N) is 1. The van der Waals surface area contributed by atoms with E-state index < -0.39 is 0 Å². The third kappa shape index (κ3) is 6.15. The van der Waals surface area contributed by atoms with Crippen LogP contribution in [0.25, 0.3) is 0 Å². The Kier molecular flexibility index (Phi) is 8.54. The highest BCUT2D eigenvalue weighted by atomic mass is 19.1. The summed E-state index contributed by atoms with van der Waals surface area (Å²) in [5.41, 5.74) is 2.10. The third-order valence-corrected chi connectivity index (χ3v) is 7.40. The van der Waals surface area contributed by atoms with Crippen LogP contribution in [-0.4, -0.2) is 53.8 Å². The topological polar surface area (TPSA) is 52.7 Å². The molecule has 1 fully saturated rings. The number of fused-ring (bicyclic) bond motifs is 1. The fraction of sp³-hybridized carbons (Fsp3) is 0.571. The molecule has 2 amide bonds. The summed E-state index contributed by atoms with van der Waals surface area (Å²) < 4.78 is 13.2. The molecule has 0 bridgehead atoms. The second-order valence-electron chi connectivity index (χ2n) is 9.94. The number of carbonyl (C=O) groups is 2. The number of nitrogens with zero attached hydrogens (tertiary/aromatic N) is 2. The molecule has 0 spiro atoms. The molecule has 0 radical (unpaired) electrons. The van der Waals surface area contributed by atoms with Gasteiger partial charge in [-0.1, -0.05) is 38.3 Å². The molecular formula is C28H38FN3O2. The van der Waals surface area contributed by atoms with E-state index in [0.29, 0.717) is 43.2 Å². The Hall–Kier alpha value is -2.47. The lowest BCUT2D eigenvalue weighted by Crippen LogP contribution is -2.41. The molecule has 1 N–H and O–H groups in total. The Bertz CT molecular complexity index is 942. The van der Waals surface area contributed by atoms with Gasteiger partial charge < -0.3 is 15.1 Å². The van der Waals surface area contributed by atoms with E-state index in [1.54, 1.807) is 17.0 Å². The molecule has 2 unspecified atom stereocenters.